The Morgan fingerprint density at radius 2 is 2.05 bits per heavy atom. The van der Waals surface area contributed by atoms with Crippen LogP contribution in [-0.4, -0.2) is 22.9 Å². The molecule has 1 saturated carbocycles. The van der Waals surface area contributed by atoms with Crippen molar-refractivity contribution >= 4 is 5.91 Å². The van der Waals surface area contributed by atoms with Crippen LogP contribution in [0.2, 0.25) is 0 Å². The van der Waals surface area contributed by atoms with Crippen LogP contribution < -0.4 is 5.73 Å². The Bertz CT molecular complexity index is 513. The second-order valence-electron chi connectivity index (χ2n) is 5.62. The SMILES string of the molecule is CCN(Cc1ccc(F)c(F)c1)C(=O)C(C)(N)C1CC1. The first kappa shape index (κ1) is 14.9. The maximum atomic E-state index is 13.2. The molecule has 1 aromatic rings. The molecule has 1 fully saturated rings. The van der Waals surface area contributed by atoms with Gasteiger partial charge in [-0.2, -0.15) is 0 Å². The number of carbonyl (C=O) groups is 1. The van der Waals surface area contributed by atoms with Gasteiger partial charge in [-0.15, -0.1) is 0 Å². The predicted octanol–water partition coefficient (Wildman–Crippen LogP) is 2.44. The summed E-state index contributed by atoms with van der Waals surface area (Å²) >= 11 is 0. The number of rotatable bonds is 5. The normalized spacial score (nSPS) is 17.6. The van der Waals surface area contributed by atoms with Crippen LogP contribution in [0, 0.1) is 17.6 Å². The highest BCUT2D eigenvalue weighted by atomic mass is 19.2. The number of nitrogens with two attached hydrogens (primary N) is 1. The van der Waals surface area contributed by atoms with Crippen molar-refractivity contribution in [2.75, 3.05) is 6.54 Å². The minimum absolute atomic E-state index is 0.132. The molecule has 0 bridgehead atoms. The number of hydrogen-bond donors (Lipinski definition) is 1. The Morgan fingerprint density at radius 3 is 2.55 bits per heavy atom. The molecule has 0 spiro atoms. The average Bonchev–Trinajstić information content (AvgIpc) is 3.24. The molecule has 1 aliphatic carbocycles. The van der Waals surface area contributed by atoms with E-state index in [4.69, 9.17) is 5.73 Å². The summed E-state index contributed by atoms with van der Waals surface area (Å²) in [6.45, 7) is 4.32. The summed E-state index contributed by atoms with van der Waals surface area (Å²) in [5.41, 5.74) is 5.82. The van der Waals surface area contributed by atoms with Crippen LogP contribution in [0.15, 0.2) is 18.2 Å². The van der Waals surface area contributed by atoms with Crippen LogP contribution in [-0.2, 0) is 11.3 Å². The highest BCUT2D eigenvalue weighted by Gasteiger charge is 2.45. The maximum Gasteiger partial charge on any atom is 0.242 e. The standard InChI is InChI=1S/C15H20F2N2O/c1-3-19(14(20)15(2,18)11-5-6-11)9-10-4-7-12(16)13(17)8-10/h4,7-8,11H,3,5-6,9,18H2,1-2H3. The molecular formula is C15H20F2N2O. The lowest BCUT2D eigenvalue weighted by molar-refractivity contribution is -0.137. The fourth-order valence-electron chi connectivity index (χ4n) is 2.38. The third-order valence-corrected chi connectivity index (χ3v) is 3.91. The monoisotopic (exact) mass is 282 g/mol. The maximum absolute atomic E-state index is 13.2. The van der Waals surface area contributed by atoms with Gasteiger partial charge in [0.2, 0.25) is 5.91 Å². The summed E-state index contributed by atoms with van der Waals surface area (Å²) < 4.78 is 26.1. The fraction of sp³-hybridized carbons (Fsp3) is 0.533. The molecule has 1 atom stereocenters. The largest absolute Gasteiger partial charge is 0.337 e. The minimum atomic E-state index is -0.899. The van der Waals surface area contributed by atoms with Gasteiger partial charge in [0, 0.05) is 13.1 Å². The van der Waals surface area contributed by atoms with Crippen molar-refractivity contribution in [3.63, 3.8) is 0 Å². The zero-order valence-electron chi connectivity index (χ0n) is 11.8. The topological polar surface area (TPSA) is 46.3 Å². The lowest BCUT2D eigenvalue weighted by atomic mass is 9.95. The predicted molar refractivity (Wildman–Crippen MR) is 72.8 cm³/mol. The van der Waals surface area contributed by atoms with Gasteiger partial charge >= 0.3 is 0 Å². The van der Waals surface area contributed by atoms with Gasteiger partial charge in [0.1, 0.15) is 0 Å². The Morgan fingerprint density at radius 1 is 1.40 bits per heavy atom. The number of nitrogens with zero attached hydrogens (tertiary/aromatic N) is 1. The van der Waals surface area contributed by atoms with E-state index >= 15 is 0 Å². The molecule has 1 amide bonds. The van der Waals surface area contributed by atoms with Gasteiger partial charge in [-0.05, 0) is 50.3 Å². The van der Waals surface area contributed by atoms with E-state index in [1.165, 1.54) is 6.07 Å². The second-order valence-corrected chi connectivity index (χ2v) is 5.62. The van der Waals surface area contributed by atoms with Crippen LogP contribution >= 0.6 is 0 Å². The van der Waals surface area contributed by atoms with Crippen molar-refractivity contribution in [2.45, 2.75) is 38.8 Å². The number of carbonyl (C=O) groups excluding carboxylic acids is 1. The molecule has 1 unspecified atom stereocenters. The second kappa shape index (κ2) is 5.48. The first-order valence-electron chi connectivity index (χ1n) is 6.88. The summed E-state index contributed by atoms with van der Waals surface area (Å²) in [5, 5.41) is 0. The number of benzene rings is 1. The molecule has 2 rings (SSSR count). The third-order valence-electron chi connectivity index (χ3n) is 3.91. The van der Waals surface area contributed by atoms with Crippen LogP contribution in [0.1, 0.15) is 32.3 Å². The molecule has 110 valence electrons. The Balaban J connectivity index is 2.12. The third kappa shape index (κ3) is 2.98. The van der Waals surface area contributed by atoms with Crippen LogP contribution in [0.3, 0.4) is 0 Å². The van der Waals surface area contributed by atoms with Gasteiger partial charge in [-0.3, -0.25) is 4.79 Å². The van der Waals surface area contributed by atoms with Crippen LogP contribution in [0.5, 0.6) is 0 Å². The molecule has 0 radical (unpaired) electrons. The molecule has 2 N–H and O–H groups in total. The summed E-state index contributed by atoms with van der Waals surface area (Å²) in [4.78, 5) is 14.1. The molecule has 5 heteroatoms. The first-order valence-corrected chi connectivity index (χ1v) is 6.88. The van der Waals surface area contributed by atoms with Gasteiger partial charge in [0.05, 0.1) is 5.54 Å². The van der Waals surface area contributed by atoms with E-state index < -0.39 is 17.2 Å². The molecule has 1 aliphatic rings. The quantitative estimate of drug-likeness (QED) is 0.901. The fourth-order valence-corrected chi connectivity index (χ4v) is 2.38. The smallest absolute Gasteiger partial charge is 0.242 e. The van der Waals surface area contributed by atoms with Gasteiger partial charge in [0.25, 0.3) is 0 Å². The molecule has 0 heterocycles. The van der Waals surface area contributed by atoms with Crippen molar-refractivity contribution in [3.8, 4) is 0 Å². The van der Waals surface area contributed by atoms with Gasteiger partial charge in [-0.1, -0.05) is 6.07 Å². The van der Waals surface area contributed by atoms with E-state index in [9.17, 15) is 13.6 Å². The highest BCUT2D eigenvalue weighted by molar-refractivity contribution is 5.86. The van der Waals surface area contributed by atoms with E-state index in [1.54, 1.807) is 11.8 Å². The van der Waals surface area contributed by atoms with E-state index in [-0.39, 0.29) is 18.4 Å². The van der Waals surface area contributed by atoms with Gasteiger partial charge in [-0.25, -0.2) is 8.78 Å². The van der Waals surface area contributed by atoms with Gasteiger partial charge in [0.15, 0.2) is 11.6 Å². The zero-order valence-corrected chi connectivity index (χ0v) is 11.8. The summed E-state index contributed by atoms with van der Waals surface area (Å²) in [5.74, 6) is -1.69. The summed E-state index contributed by atoms with van der Waals surface area (Å²) in [6.07, 6.45) is 1.95. The van der Waals surface area contributed by atoms with Crippen molar-refractivity contribution < 1.29 is 13.6 Å². The Labute approximate surface area is 117 Å². The van der Waals surface area contributed by atoms with E-state index in [1.807, 2.05) is 6.92 Å². The van der Waals surface area contributed by atoms with Crippen molar-refractivity contribution in [1.82, 2.24) is 4.90 Å². The van der Waals surface area contributed by atoms with E-state index in [2.05, 4.69) is 0 Å². The van der Waals surface area contributed by atoms with Gasteiger partial charge < -0.3 is 10.6 Å². The molecule has 1 aromatic carbocycles. The highest BCUT2D eigenvalue weighted by Crippen LogP contribution is 2.39. The Kier molecular flexibility index (Phi) is 4.09. The van der Waals surface area contributed by atoms with Crippen molar-refractivity contribution in [3.05, 3.63) is 35.4 Å². The number of hydrogen-bond acceptors (Lipinski definition) is 2. The molecule has 3 nitrogen and oxygen atoms in total. The minimum Gasteiger partial charge on any atom is -0.337 e. The number of amides is 1. The molecule has 0 aliphatic heterocycles. The molecular weight excluding hydrogens is 262 g/mol. The van der Waals surface area contributed by atoms with Crippen molar-refractivity contribution in [2.24, 2.45) is 11.7 Å². The molecule has 20 heavy (non-hydrogen) atoms. The average molecular weight is 282 g/mol. The zero-order chi connectivity index (χ0) is 14.9. The number of likely N-dealkylation sites (N-methyl/N-ethyl adjacent to an activating group) is 1. The van der Waals surface area contributed by atoms with E-state index in [0.29, 0.717) is 12.1 Å². The Hall–Kier alpha value is -1.49. The lowest BCUT2D eigenvalue weighted by Gasteiger charge is -2.31. The number of halogens is 2. The molecule has 0 aromatic heterocycles. The first-order chi connectivity index (χ1) is 9.36. The molecule has 0 saturated heterocycles. The van der Waals surface area contributed by atoms with Crippen LogP contribution in [0.25, 0.3) is 0 Å². The van der Waals surface area contributed by atoms with E-state index in [0.717, 1.165) is 25.0 Å². The summed E-state index contributed by atoms with van der Waals surface area (Å²) in [6, 6.07) is 3.68. The summed E-state index contributed by atoms with van der Waals surface area (Å²) in [7, 11) is 0. The lowest BCUT2D eigenvalue weighted by Crippen LogP contribution is -2.54. The van der Waals surface area contributed by atoms with Crippen molar-refractivity contribution in [1.29, 1.82) is 0 Å². The van der Waals surface area contributed by atoms with Crippen LogP contribution in [0.4, 0.5) is 8.78 Å².